The minimum atomic E-state index is -0.269. The van der Waals surface area contributed by atoms with Crippen molar-refractivity contribution in [2.45, 2.75) is 6.54 Å². The van der Waals surface area contributed by atoms with Gasteiger partial charge in [-0.3, -0.25) is 9.59 Å². The quantitative estimate of drug-likeness (QED) is 0.197. The molecule has 0 aromatic heterocycles. The van der Waals surface area contributed by atoms with Gasteiger partial charge in [0.2, 0.25) is 0 Å². The van der Waals surface area contributed by atoms with Crippen LogP contribution in [-0.2, 0) is 6.54 Å². The number of ether oxygens (including phenoxy) is 2. The van der Waals surface area contributed by atoms with Crippen LogP contribution in [0, 0.1) is 7.14 Å². The summed E-state index contributed by atoms with van der Waals surface area (Å²) in [6.45, 7) is 0.246. The monoisotopic (exact) mass is 718 g/mol. The molecule has 0 saturated heterocycles. The molecule has 0 unspecified atom stereocenters. The van der Waals surface area contributed by atoms with Gasteiger partial charge < -0.3 is 19.7 Å². The lowest BCUT2D eigenvalue weighted by Gasteiger charge is -2.16. The zero-order valence-corrected chi connectivity index (χ0v) is 24.5. The molecule has 37 heavy (non-hydrogen) atoms. The molecular formula is C29H24I2N2O4. The summed E-state index contributed by atoms with van der Waals surface area (Å²) < 4.78 is 14.2. The molecular weight excluding hydrogens is 694 g/mol. The molecule has 188 valence electrons. The van der Waals surface area contributed by atoms with E-state index in [-0.39, 0.29) is 18.4 Å². The van der Waals surface area contributed by atoms with Crippen molar-refractivity contribution in [2.24, 2.45) is 0 Å². The van der Waals surface area contributed by atoms with Gasteiger partial charge in [-0.05, 0) is 124 Å². The molecule has 0 heterocycles. The van der Waals surface area contributed by atoms with Gasteiger partial charge in [-0.25, -0.2) is 0 Å². The maximum Gasteiger partial charge on any atom is 0.257 e. The maximum absolute atomic E-state index is 13.1. The number of benzene rings is 4. The van der Waals surface area contributed by atoms with Crippen LogP contribution in [0.15, 0.2) is 91.0 Å². The third-order valence-electron chi connectivity index (χ3n) is 5.35. The number of hydrogen-bond donors (Lipinski definition) is 1. The largest absolute Gasteiger partial charge is 0.457 e. The fraction of sp³-hybridized carbons (Fsp3) is 0.103. The highest BCUT2D eigenvalue weighted by Crippen LogP contribution is 2.29. The van der Waals surface area contributed by atoms with Crippen LogP contribution in [-0.4, -0.2) is 30.8 Å². The van der Waals surface area contributed by atoms with Gasteiger partial charge in [-0.2, -0.15) is 0 Å². The molecule has 8 heteroatoms. The molecule has 0 spiro atoms. The molecule has 0 radical (unpaired) electrons. The average Bonchev–Trinajstić information content (AvgIpc) is 2.90. The first-order chi connectivity index (χ1) is 17.8. The van der Waals surface area contributed by atoms with E-state index in [2.05, 4.69) is 50.5 Å². The average molecular weight is 718 g/mol. The highest BCUT2D eigenvalue weighted by Gasteiger charge is 2.17. The molecule has 1 N–H and O–H groups in total. The molecule has 0 aliphatic carbocycles. The van der Waals surface area contributed by atoms with Crippen LogP contribution < -0.4 is 14.8 Å². The van der Waals surface area contributed by atoms with Gasteiger partial charge in [0, 0.05) is 27.8 Å². The summed E-state index contributed by atoms with van der Waals surface area (Å²) in [4.78, 5) is 27.3. The molecule has 0 aliphatic heterocycles. The summed E-state index contributed by atoms with van der Waals surface area (Å²) in [6, 6.07) is 27.6. The van der Waals surface area contributed by atoms with Crippen LogP contribution in [0.2, 0.25) is 0 Å². The van der Waals surface area contributed by atoms with Crippen LogP contribution in [0.4, 0.5) is 0 Å². The minimum absolute atomic E-state index is 0.169. The van der Waals surface area contributed by atoms with Crippen molar-refractivity contribution in [3.63, 3.8) is 0 Å². The third kappa shape index (κ3) is 7.22. The zero-order chi connectivity index (χ0) is 26.4. The Morgan fingerprint density at radius 1 is 0.730 bits per heavy atom. The Labute approximate surface area is 243 Å². The number of nitrogens with zero attached hydrogens (tertiary/aromatic N) is 1. The molecule has 4 rings (SSSR count). The predicted octanol–water partition coefficient (Wildman–Crippen LogP) is 7.11. The smallest absolute Gasteiger partial charge is 0.257 e. The van der Waals surface area contributed by atoms with E-state index in [0.29, 0.717) is 34.1 Å². The second-order valence-corrected chi connectivity index (χ2v) is 10.8. The van der Waals surface area contributed by atoms with Crippen molar-refractivity contribution in [1.82, 2.24) is 10.2 Å². The van der Waals surface area contributed by atoms with Gasteiger partial charge in [-0.1, -0.05) is 18.2 Å². The number of nitrogens with one attached hydrogen (secondary N) is 1. The van der Waals surface area contributed by atoms with Crippen LogP contribution in [0.25, 0.3) is 0 Å². The van der Waals surface area contributed by atoms with Gasteiger partial charge in [-0.15, -0.1) is 0 Å². The van der Waals surface area contributed by atoms with Crippen LogP contribution in [0.3, 0.4) is 0 Å². The summed E-state index contributed by atoms with van der Waals surface area (Å²) in [7, 11) is 3.39. The Hall–Kier alpha value is -3.12. The van der Waals surface area contributed by atoms with Gasteiger partial charge in [0.15, 0.2) is 0 Å². The lowest BCUT2D eigenvalue weighted by molar-refractivity contribution is 0.0824. The van der Waals surface area contributed by atoms with Crippen molar-refractivity contribution in [3.8, 4) is 23.0 Å². The number of rotatable bonds is 8. The first kappa shape index (κ1) is 26.9. The molecule has 0 bridgehead atoms. The summed E-state index contributed by atoms with van der Waals surface area (Å²) in [5.41, 5.74) is 1.66. The standard InChI is InChI=1S/C29H24I2N2O4/c1-33(2)29(35)25-16-7-19(17-27(25)37-23-14-10-21(31)11-15-23)18-32-28(34)24-5-3-4-6-26(24)36-22-12-8-20(30)9-13-22/h3-17H,18H2,1-2H3,(H,32,34). The lowest BCUT2D eigenvalue weighted by atomic mass is 10.1. The molecule has 2 amide bonds. The van der Waals surface area contributed by atoms with E-state index in [1.54, 1.807) is 44.4 Å². The van der Waals surface area contributed by atoms with Gasteiger partial charge in [0.05, 0.1) is 11.1 Å². The highest BCUT2D eigenvalue weighted by molar-refractivity contribution is 14.1. The van der Waals surface area contributed by atoms with E-state index in [1.807, 2.05) is 60.7 Å². The summed E-state index contributed by atoms with van der Waals surface area (Å²) in [6.07, 6.45) is 0. The molecule has 4 aromatic carbocycles. The number of halogens is 2. The van der Waals surface area contributed by atoms with E-state index in [1.165, 1.54) is 4.90 Å². The van der Waals surface area contributed by atoms with Crippen molar-refractivity contribution in [1.29, 1.82) is 0 Å². The fourth-order valence-corrected chi connectivity index (χ4v) is 4.18. The van der Waals surface area contributed by atoms with Crippen molar-refractivity contribution in [3.05, 3.63) is 115 Å². The number of carbonyl (C=O) groups excluding carboxylic acids is 2. The Kier molecular flexibility index (Phi) is 9.04. The maximum atomic E-state index is 13.1. The second kappa shape index (κ2) is 12.4. The fourth-order valence-electron chi connectivity index (χ4n) is 3.46. The Morgan fingerprint density at radius 2 is 1.30 bits per heavy atom. The van der Waals surface area contributed by atoms with Crippen LogP contribution in [0.5, 0.6) is 23.0 Å². The first-order valence-corrected chi connectivity index (χ1v) is 13.5. The third-order valence-corrected chi connectivity index (χ3v) is 6.79. The van der Waals surface area contributed by atoms with Crippen LogP contribution in [0.1, 0.15) is 26.3 Å². The van der Waals surface area contributed by atoms with Gasteiger partial charge in [0.25, 0.3) is 11.8 Å². The number of carbonyl (C=O) groups is 2. The molecule has 6 nitrogen and oxygen atoms in total. The van der Waals surface area contributed by atoms with Crippen LogP contribution >= 0.6 is 45.2 Å². The molecule has 0 fully saturated rings. The summed E-state index contributed by atoms with van der Waals surface area (Å²) in [5.74, 6) is 1.73. The van der Waals surface area contributed by atoms with E-state index >= 15 is 0 Å². The number of para-hydroxylation sites is 1. The number of amides is 2. The Bertz CT molecular complexity index is 1400. The normalized spacial score (nSPS) is 10.5. The van der Waals surface area contributed by atoms with Gasteiger partial charge in [0.1, 0.15) is 23.0 Å². The van der Waals surface area contributed by atoms with Crippen molar-refractivity contribution >= 4 is 57.0 Å². The molecule has 0 saturated carbocycles. The molecule has 0 atom stereocenters. The van der Waals surface area contributed by atoms with Crippen molar-refractivity contribution < 1.29 is 19.1 Å². The Balaban J connectivity index is 1.52. The lowest BCUT2D eigenvalue weighted by Crippen LogP contribution is -2.24. The zero-order valence-electron chi connectivity index (χ0n) is 20.2. The topological polar surface area (TPSA) is 67.9 Å². The first-order valence-electron chi connectivity index (χ1n) is 11.4. The molecule has 4 aromatic rings. The van der Waals surface area contributed by atoms with E-state index in [9.17, 15) is 9.59 Å². The second-order valence-electron chi connectivity index (χ2n) is 8.32. The highest BCUT2D eigenvalue weighted by atomic mass is 127. The summed E-state index contributed by atoms with van der Waals surface area (Å²) in [5, 5.41) is 2.95. The van der Waals surface area contributed by atoms with Gasteiger partial charge >= 0.3 is 0 Å². The van der Waals surface area contributed by atoms with Crippen molar-refractivity contribution in [2.75, 3.05) is 14.1 Å². The predicted molar refractivity (Wildman–Crippen MR) is 161 cm³/mol. The van der Waals surface area contributed by atoms with E-state index in [0.717, 1.165) is 12.7 Å². The van der Waals surface area contributed by atoms with E-state index < -0.39 is 0 Å². The summed E-state index contributed by atoms with van der Waals surface area (Å²) >= 11 is 4.45. The Morgan fingerprint density at radius 3 is 1.89 bits per heavy atom. The molecule has 0 aliphatic rings. The van der Waals surface area contributed by atoms with E-state index in [4.69, 9.17) is 9.47 Å². The SMILES string of the molecule is CN(C)C(=O)c1ccc(CNC(=O)c2ccccc2Oc2ccc(I)cc2)cc1Oc1ccc(I)cc1. The number of hydrogen-bond acceptors (Lipinski definition) is 4. The minimum Gasteiger partial charge on any atom is -0.457 e.